The summed E-state index contributed by atoms with van der Waals surface area (Å²) in [5.41, 5.74) is 2.65. The molecular formula is C19H21N5O. The Labute approximate surface area is 146 Å². The molecule has 25 heavy (non-hydrogen) atoms. The largest absolute Gasteiger partial charge is 0.351 e. The quantitative estimate of drug-likeness (QED) is 0.769. The van der Waals surface area contributed by atoms with Crippen LogP contribution >= 0.6 is 0 Å². The van der Waals surface area contributed by atoms with E-state index in [1.165, 1.54) is 0 Å². The first-order valence-corrected chi connectivity index (χ1v) is 8.69. The number of H-pyrrole nitrogens is 1. The lowest BCUT2D eigenvalue weighted by Gasteiger charge is -2.29. The van der Waals surface area contributed by atoms with E-state index >= 15 is 0 Å². The van der Waals surface area contributed by atoms with Crippen molar-refractivity contribution in [2.24, 2.45) is 0 Å². The van der Waals surface area contributed by atoms with Crippen molar-refractivity contribution in [3.05, 3.63) is 60.8 Å². The zero-order valence-corrected chi connectivity index (χ0v) is 13.9. The van der Waals surface area contributed by atoms with Crippen molar-refractivity contribution >= 4 is 5.91 Å². The van der Waals surface area contributed by atoms with Crippen LogP contribution in [0.1, 0.15) is 42.2 Å². The lowest BCUT2D eigenvalue weighted by atomic mass is 9.91. The smallest absolute Gasteiger partial charge is 0.267 e. The topological polar surface area (TPSA) is 75.6 Å². The molecule has 0 bridgehead atoms. The molecule has 1 saturated carbocycles. The number of aromatic nitrogens is 4. The second-order valence-corrected chi connectivity index (χ2v) is 6.54. The number of carbonyl (C=O) groups excluding carboxylic acids is 1. The molecule has 2 heterocycles. The van der Waals surface area contributed by atoms with Crippen LogP contribution in [0.15, 0.2) is 55.1 Å². The lowest BCUT2D eigenvalue weighted by molar-refractivity contribution is 0.0918. The van der Waals surface area contributed by atoms with Crippen LogP contribution in [-0.4, -0.2) is 31.7 Å². The van der Waals surface area contributed by atoms with Crippen molar-refractivity contribution in [1.82, 2.24) is 25.1 Å². The molecule has 0 atom stereocenters. The first-order chi connectivity index (χ1) is 12.3. The molecule has 0 unspecified atom stereocenters. The third-order valence-corrected chi connectivity index (χ3v) is 4.91. The summed E-state index contributed by atoms with van der Waals surface area (Å²) >= 11 is 0. The van der Waals surface area contributed by atoms with Crippen LogP contribution in [0.2, 0.25) is 0 Å². The molecule has 0 aliphatic heterocycles. The SMILES string of the molecule is O=C(NC1CCC(n2cnnc2)CC1)c1ccc(-c2ccccc2)[nH]1. The highest BCUT2D eigenvalue weighted by Crippen LogP contribution is 2.28. The van der Waals surface area contributed by atoms with E-state index in [1.54, 1.807) is 12.7 Å². The highest BCUT2D eigenvalue weighted by Gasteiger charge is 2.24. The van der Waals surface area contributed by atoms with E-state index in [1.807, 2.05) is 42.5 Å². The van der Waals surface area contributed by atoms with Gasteiger partial charge in [0, 0.05) is 17.8 Å². The molecule has 6 nitrogen and oxygen atoms in total. The number of benzene rings is 1. The monoisotopic (exact) mass is 335 g/mol. The van der Waals surface area contributed by atoms with Crippen molar-refractivity contribution in [3.63, 3.8) is 0 Å². The summed E-state index contributed by atoms with van der Waals surface area (Å²) in [4.78, 5) is 15.7. The van der Waals surface area contributed by atoms with Gasteiger partial charge in [-0.25, -0.2) is 0 Å². The van der Waals surface area contributed by atoms with Crippen molar-refractivity contribution in [1.29, 1.82) is 0 Å². The third kappa shape index (κ3) is 3.47. The van der Waals surface area contributed by atoms with Gasteiger partial charge in [-0.3, -0.25) is 4.79 Å². The summed E-state index contributed by atoms with van der Waals surface area (Å²) < 4.78 is 2.06. The van der Waals surface area contributed by atoms with Crippen molar-refractivity contribution in [2.75, 3.05) is 0 Å². The van der Waals surface area contributed by atoms with Gasteiger partial charge in [0.15, 0.2) is 0 Å². The average Bonchev–Trinajstić information content (AvgIpc) is 3.35. The van der Waals surface area contributed by atoms with E-state index in [2.05, 4.69) is 25.1 Å². The molecule has 0 spiro atoms. The molecule has 0 radical (unpaired) electrons. The summed E-state index contributed by atoms with van der Waals surface area (Å²) in [6.07, 6.45) is 7.55. The highest BCUT2D eigenvalue weighted by molar-refractivity contribution is 5.93. The molecular weight excluding hydrogens is 314 g/mol. The summed E-state index contributed by atoms with van der Waals surface area (Å²) in [6, 6.07) is 14.5. The number of aromatic amines is 1. The fraction of sp³-hybridized carbons (Fsp3) is 0.316. The molecule has 128 valence electrons. The molecule has 4 rings (SSSR count). The van der Waals surface area contributed by atoms with Crippen LogP contribution < -0.4 is 5.32 Å². The Bertz CT molecular complexity index is 817. The van der Waals surface area contributed by atoms with E-state index in [-0.39, 0.29) is 11.9 Å². The molecule has 1 amide bonds. The third-order valence-electron chi connectivity index (χ3n) is 4.91. The average molecular weight is 335 g/mol. The summed E-state index contributed by atoms with van der Waals surface area (Å²) in [6.45, 7) is 0. The fourth-order valence-corrected chi connectivity index (χ4v) is 3.49. The molecule has 1 aliphatic carbocycles. The van der Waals surface area contributed by atoms with Gasteiger partial charge in [-0.05, 0) is 43.4 Å². The number of hydrogen-bond donors (Lipinski definition) is 2. The number of amides is 1. The Hall–Kier alpha value is -2.89. The van der Waals surface area contributed by atoms with Gasteiger partial charge in [0.1, 0.15) is 18.3 Å². The van der Waals surface area contributed by atoms with E-state index in [0.29, 0.717) is 11.7 Å². The molecule has 2 aromatic heterocycles. The number of carbonyl (C=O) groups is 1. The van der Waals surface area contributed by atoms with Crippen molar-refractivity contribution in [2.45, 2.75) is 37.8 Å². The molecule has 0 saturated heterocycles. The number of hydrogen-bond acceptors (Lipinski definition) is 3. The zero-order valence-electron chi connectivity index (χ0n) is 13.9. The Kier molecular flexibility index (Phi) is 4.33. The molecule has 3 aromatic rings. The first kappa shape index (κ1) is 15.6. The second kappa shape index (κ2) is 6.93. The normalized spacial score (nSPS) is 20.3. The maximum Gasteiger partial charge on any atom is 0.267 e. The number of nitrogens with zero attached hydrogens (tertiary/aromatic N) is 3. The van der Waals surface area contributed by atoms with Crippen molar-refractivity contribution < 1.29 is 4.79 Å². The summed E-state index contributed by atoms with van der Waals surface area (Å²) in [7, 11) is 0. The lowest BCUT2D eigenvalue weighted by Crippen LogP contribution is -2.38. The Morgan fingerprint density at radius 2 is 1.72 bits per heavy atom. The maximum absolute atomic E-state index is 12.5. The number of nitrogens with one attached hydrogen (secondary N) is 2. The van der Waals surface area contributed by atoms with Crippen LogP contribution in [-0.2, 0) is 0 Å². The minimum Gasteiger partial charge on any atom is -0.351 e. The van der Waals surface area contributed by atoms with Gasteiger partial charge in [0.25, 0.3) is 5.91 Å². The van der Waals surface area contributed by atoms with Gasteiger partial charge in [-0.2, -0.15) is 0 Å². The van der Waals surface area contributed by atoms with E-state index in [9.17, 15) is 4.79 Å². The molecule has 2 N–H and O–H groups in total. The standard InChI is InChI=1S/C19H21N5O/c25-19(18-11-10-17(23-18)14-4-2-1-3-5-14)22-15-6-8-16(9-7-15)24-12-20-21-13-24/h1-5,10-13,15-16,23H,6-9H2,(H,22,25). The predicted octanol–water partition coefficient (Wildman–Crippen LogP) is 3.19. The van der Waals surface area contributed by atoms with Gasteiger partial charge in [-0.1, -0.05) is 30.3 Å². The fourth-order valence-electron chi connectivity index (χ4n) is 3.49. The zero-order chi connectivity index (χ0) is 17.1. The van der Waals surface area contributed by atoms with E-state index < -0.39 is 0 Å². The second-order valence-electron chi connectivity index (χ2n) is 6.54. The van der Waals surface area contributed by atoms with Gasteiger partial charge >= 0.3 is 0 Å². The Morgan fingerprint density at radius 3 is 2.44 bits per heavy atom. The minimum atomic E-state index is -0.0325. The molecule has 6 heteroatoms. The predicted molar refractivity (Wildman–Crippen MR) is 95.0 cm³/mol. The highest BCUT2D eigenvalue weighted by atomic mass is 16.1. The van der Waals surface area contributed by atoms with Crippen LogP contribution in [0.25, 0.3) is 11.3 Å². The minimum absolute atomic E-state index is 0.0325. The molecule has 1 fully saturated rings. The van der Waals surface area contributed by atoms with Gasteiger partial charge < -0.3 is 14.9 Å². The van der Waals surface area contributed by atoms with Gasteiger partial charge in [-0.15, -0.1) is 10.2 Å². The maximum atomic E-state index is 12.5. The Balaban J connectivity index is 1.35. The molecule has 1 aromatic carbocycles. The van der Waals surface area contributed by atoms with Crippen LogP contribution in [0, 0.1) is 0 Å². The van der Waals surface area contributed by atoms with E-state index in [0.717, 1.165) is 36.9 Å². The van der Waals surface area contributed by atoms with Crippen LogP contribution in [0.4, 0.5) is 0 Å². The van der Waals surface area contributed by atoms with Gasteiger partial charge in [0.2, 0.25) is 0 Å². The summed E-state index contributed by atoms with van der Waals surface area (Å²) in [5.74, 6) is -0.0325. The number of rotatable bonds is 4. The van der Waals surface area contributed by atoms with Crippen LogP contribution in [0.5, 0.6) is 0 Å². The van der Waals surface area contributed by atoms with Crippen molar-refractivity contribution in [3.8, 4) is 11.3 Å². The van der Waals surface area contributed by atoms with Crippen LogP contribution in [0.3, 0.4) is 0 Å². The van der Waals surface area contributed by atoms with E-state index in [4.69, 9.17) is 0 Å². The van der Waals surface area contributed by atoms with Gasteiger partial charge in [0.05, 0.1) is 0 Å². The summed E-state index contributed by atoms with van der Waals surface area (Å²) in [5, 5.41) is 10.9. The Morgan fingerprint density at radius 1 is 1.00 bits per heavy atom. The first-order valence-electron chi connectivity index (χ1n) is 8.69. The molecule has 1 aliphatic rings.